The van der Waals surface area contributed by atoms with Gasteiger partial charge in [-0.1, -0.05) is 6.08 Å². The molecule has 1 aliphatic rings. The Kier molecular flexibility index (Phi) is 2.29. The van der Waals surface area contributed by atoms with E-state index in [1.807, 2.05) is 6.92 Å². The number of carbonyl (C=O) groups is 1. The van der Waals surface area contributed by atoms with E-state index in [-0.39, 0.29) is 11.9 Å². The zero-order valence-corrected chi connectivity index (χ0v) is 6.70. The van der Waals surface area contributed by atoms with Crippen LogP contribution in [-0.4, -0.2) is 24.3 Å². The third-order valence-electron chi connectivity index (χ3n) is 1.97. The summed E-state index contributed by atoms with van der Waals surface area (Å²) in [6, 6.07) is 0. The van der Waals surface area contributed by atoms with E-state index in [1.54, 1.807) is 6.08 Å². The lowest BCUT2D eigenvalue weighted by Gasteiger charge is -2.05. The topological polar surface area (TPSA) is 46.5 Å². The first-order valence-corrected chi connectivity index (χ1v) is 3.59. The zero-order valence-electron chi connectivity index (χ0n) is 6.70. The number of aliphatic hydroxyl groups is 1. The van der Waals surface area contributed by atoms with Gasteiger partial charge in [0.15, 0.2) is 0 Å². The van der Waals surface area contributed by atoms with Crippen molar-refractivity contribution in [1.82, 2.24) is 0 Å². The molecule has 1 aliphatic carbocycles. The summed E-state index contributed by atoms with van der Waals surface area (Å²) in [4.78, 5) is 10.9. The van der Waals surface area contributed by atoms with Crippen LogP contribution in [-0.2, 0) is 9.53 Å². The lowest BCUT2D eigenvalue weighted by molar-refractivity contribution is -0.144. The monoisotopic (exact) mass is 156 g/mol. The average Bonchev–Trinajstić information content (AvgIpc) is 2.31. The molecule has 2 unspecified atom stereocenters. The van der Waals surface area contributed by atoms with Gasteiger partial charge in [-0.25, -0.2) is 0 Å². The summed E-state index contributed by atoms with van der Waals surface area (Å²) in [5.74, 6) is -0.504. The first-order chi connectivity index (χ1) is 5.15. The molecule has 11 heavy (non-hydrogen) atoms. The van der Waals surface area contributed by atoms with Gasteiger partial charge in [0.05, 0.1) is 19.1 Å². The Morgan fingerprint density at radius 2 is 2.45 bits per heavy atom. The molecule has 62 valence electrons. The highest BCUT2D eigenvalue weighted by Gasteiger charge is 2.27. The summed E-state index contributed by atoms with van der Waals surface area (Å²) in [5.41, 5.74) is 0.861. The van der Waals surface area contributed by atoms with Crippen LogP contribution in [0.15, 0.2) is 11.6 Å². The minimum absolute atomic E-state index is 0.241. The number of aliphatic hydroxyl groups excluding tert-OH is 1. The smallest absolute Gasteiger partial charge is 0.312 e. The highest BCUT2D eigenvalue weighted by molar-refractivity contribution is 5.75. The van der Waals surface area contributed by atoms with Crippen molar-refractivity contribution >= 4 is 5.97 Å². The van der Waals surface area contributed by atoms with Crippen LogP contribution in [0.25, 0.3) is 0 Å². The lowest BCUT2D eigenvalue weighted by Crippen LogP contribution is -2.14. The maximum Gasteiger partial charge on any atom is 0.312 e. The fourth-order valence-electron chi connectivity index (χ4n) is 1.24. The molecule has 1 N–H and O–H groups in total. The molecule has 2 atom stereocenters. The molecule has 0 spiro atoms. The number of esters is 1. The minimum Gasteiger partial charge on any atom is -0.469 e. The van der Waals surface area contributed by atoms with Gasteiger partial charge in [-0.3, -0.25) is 4.79 Å². The van der Waals surface area contributed by atoms with E-state index in [1.165, 1.54) is 7.11 Å². The second kappa shape index (κ2) is 3.05. The van der Waals surface area contributed by atoms with E-state index in [0.29, 0.717) is 6.42 Å². The average molecular weight is 156 g/mol. The standard InChI is InChI=1S/C8H12O3/c1-5-3-6(4-7(5)9)8(10)11-2/h3,6-7,9H,4H2,1-2H3. The molecule has 0 amide bonds. The number of hydrogen-bond acceptors (Lipinski definition) is 3. The molecule has 0 aromatic carbocycles. The van der Waals surface area contributed by atoms with E-state index in [0.717, 1.165) is 5.57 Å². The van der Waals surface area contributed by atoms with Crippen LogP contribution in [0.5, 0.6) is 0 Å². The highest BCUT2D eigenvalue weighted by atomic mass is 16.5. The summed E-state index contributed by atoms with van der Waals surface area (Å²) >= 11 is 0. The predicted molar refractivity (Wildman–Crippen MR) is 39.9 cm³/mol. The van der Waals surface area contributed by atoms with Crippen LogP contribution < -0.4 is 0 Å². The third kappa shape index (κ3) is 1.60. The maximum atomic E-state index is 10.9. The number of ether oxygens (including phenoxy) is 1. The number of methoxy groups -OCH3 is 1. The molecule has 0 aromatic rings. The van der Waals surface area contributed by atoms with Crippen LogP contribution in [0.1, 0.15) is 13.3 Å². The molecule has 0 saturated heterocycles. The molecule has 3 heteroatoms. The molecular weight excluding hydrogens is 144 g/mol. The van der Waals surface area contributed by atoms with Crippen molar-refractivity contribution in [3.8, 4) is 0 Å². The van der Waals surface area contributed by atoms with E-state index < -0.39 is 6.10 Å². The Morgan fingerprint density at radius 3 is 2.82 bits per heavy atom. The molecule has 1 rings (SSSR count). The van der Waals surface area contributed by atoms with Crippen molar-refractivity contribution in [1.29, 1.82) is 0 Å². The molecular formula is C8H12O3. The van der Waals surface area contributed by atoms with E-state index in [2.05, 4.69) is 4.74 Å². The molecule has 0 bridgehead atoms. The van der Waals surface area contributed by atoms with Crippen molar-refractivity contribution in [3.63, 3.8) is 0 Å². The van der Waals surface area contributed by atoms with E-state index >= 15 is 0 Å². The van der Waals surface area contributed by atoms with Gasteiger partial charge in [-0.2, -0.15) is 0 Å². The Balaban J connectivity index is 2.60. The summed E-state index contributed by atoms with van der Waals surface area (Å²) in [7, 11) is 1.36. The van der Waals surface area contributed by atoms with Crippen molar-refractivity contribution < 1.29 is 14.6 Å². The minimum atomic E-state index is -0.459. The number of rotatable bonds is 1. The third-order valence-corrected chi connectivity index (χ3v) is 1.97. The Bertz CT molecular complexity index is 196. The predicted octanol–water partition coefficient (Wildman–Crippen LogP) is 0.486. The summed E-state index contributed by atoms with van der Waals surface area (Å²) in [6.45, 7) is 1.81. The van der Waals surface area contributed by atoms with Gasteiger partial charge in [-0.05, 0) is 18.9 Å². The number of carbonyl (C=O) groups excluding carboxylic acids is 1. The molecule has 0 radical (unpaired) electrons. The van der Waals surface area contributed by atoms with Crippen molar-refractivity contribution in [2.24, 2.45) is 5.92 Å². The summed E-state index contributed by atoms with van der Waals surface area (Å²) in [6.07, 6.45) is 1.77. The van der Waals surface area contributed by atoms with Gasteiger partial charge >= 0.3 is 5.97 Å². The second-order valence-corrected chi connectivity index (χ2v) is 2.79. The van der Waals surface area contributed by atoms with Gasteiger partial charge in [0.1, 0.15) is 0 Å². The van der Waals surface area contributed by atoms with Crippen molar-refractivity contribution in [2.45, 2.75) is 19.4 Å². The Hall–Kier alpha value is -0.830. The fourth-order valence-corrected chi connectivity index (χ4v) is 1.24. The maximum absolute atomic E-state index is 10.9. The molecule has 0 fully saturated rings. The SMILES string of the molecule is COC(=O)C1C=C(C)C(O)C1. The largest absolute Gasteiger partial charge is 0.469 e. The van der Waals surface area contributed by atoms with Crippen LogP contribution in [0.4, 0.5) is 0 Å². The summed E-state index contributed by atoms with van der Waals surface area (Å²) in [5, 5.41) is 9.24. The van der Waals surface area contributed by atoms with Crippen molar-refractivity contribution in [3.05, 3.63) is 11.6 Å². The summed E-state index contributed by atoms with van der Waals surface area (Å²) < 4.78 is 4.54. The first kappa shape index (κ1) is 8.27. The first-order valence-electron chi connectivity index (χ1n) is 3.59. The van der Waals surface area contributed by atoms with E-state index in [4.69, 9.17) is 0 Å². The Labute approximate surface area is 65.7 Å². The van der Waals surface area contributed by atoms with Crippen LogP contribution in [0.2, 0.25) is 0 Å². The molecule has 0 saturated carbocycles. The highest BCUT2D eigenvalue weighted by Crippen LogP contribution is 2.24. The number of hydrogen-bond donors (Lipinski definition) is 1. The lowest BCUT2D eigenvalue weighted by atomic mass is 10.1. The second-order valence-electron chi connectivity index (χ2n) is 2.79. The van der Waals surface area contributed by atoms with E-state index in [9.17, 15) is 9.90 Å². The van der Waals surface area contributed by atoms with Gasteiger partial charge in [0.25, 0.3) is 0 Å². The zero-order chi connectivity index (χ0) is 8.43. The Morgan fingerprint density at radius 1 is 1.82 bits per heavy atom. The van der Waals surface area contributed by atoms with Gasteiger partial charge in [-0.15, -0.1) is 0 Å². The quantitative estimate of drug-likeness (QED) is 0.444. The van der Waals surface area contributed by atoms with Crippen molar-refractivity contribution in [2.75, 3.05) is 7.11 Å². The molecule has 0 aromatic heterocycles. The molecule has 3 nitrogen and oxygen atoms in total. The molecule has 0 aliphatic heterocycles. The van der Waals surface area contributed by atoms with Crippen LogP contribution >= 0.6 is 0 Å². The van der Waals surface area contributed by atoms with Crippen LogP contribution in [0, 0.1) is 5.92 Å². The fraction of sp³-hybridized carbons (Fsp3) is 0.625. The molecule has 0 heterocycles. The van der Waals surface area contributed by atoms with Crippen LogP contribution in [0.3, 0.4) is 0 Å². The van der Waals surface area contributed by atoms with Gasteiger partial charge in [0, 0.05) is 0 Å². The van der Waals surface area contributed by atoms with Gasteiger partial charge in [0.2, 0.25) is 0 Å². The normalized spacial score (nSPS) is 29.9. The van der Waals surface area contributed by atoms with Gasteiger partial charge < -0.3 is 9.84 Å².